The zero-order chi connectivity index (χ0) is 25.6. The lowest BCUT2D eigenvalue weighted by Crippen LogP contribution is -2.44. The van der Waals surface area contributed by atoms with Gasteiger partial charge in [-0.2, -0.15) is 0 Å². The number of nitrogens with zero attached hydrogens (tertiary/aromatic N) is 3. The lowest BCUT2D eigenvalue weighted by molar-refractivity contribution is -0.126. The normalized spacial score (nSPS) is 15.1. The van der Waals surface area contributed by atoms with Crippen molar-refractivity contribution < 1.29 is 18.7 Å². The van der Waals surface area contributed by atoms with Gasteiger partial charge in [-0.1, -0.05) is 11.6 Å². The van der Waals surface area contributed by atoms with Crippen LogP contribution in [0.5, 0.6) is 0 Å². The fraction of sp³-hybridized carbons (Fsp3) is 0.577. The van der Waals surface area contributed by atoms with Crippen LogP contribution in [0.4, 0.5) is 4.79 Å². The number of halogens is 1. The van der Waals surface area contributed by atoms with Crippen LogP contribution in [0.15, 0.2) is 28.7 Å². The molecule has 35 heavy (non-hydrogen) atoms. The van der Waals surface area contributed by atoms with E-state index in [0.717, 1.165) is 42.9 Å². The summed E-state index contributed by atoms with van der Waals surface area (Å²) in [6.07, 6.45) is 1.22. The Morgan fingerprint density at radius 2 is 1.89 bits per heavy atom. The molecule has 1 fully saturated rings. The third-order valence-corrected chi connectivity index (χ3v) is 6.28. The predicted octanol–water partition coefficient (Wildman–Crippen LogP) is 4.89. The van der Waals surface area contributed by atoms with Crippen LogP contribution in [0.25, 0.3) is 11.5 Å². The van der Waals surface area contributed by atoms with E-state index in [2.05, 4.69) is 15.2 Å². The molecule has 0 spiro atoms. The summed E-state index contributed by atoms with van der Waals surface area (Å²) in [4.78, 5) is 33.5. The van der Waals surface area contributed by atoms with Crippen molar-refractivity contribution in [2.24, 2.45) is 5.92 Å². The summed E-state index contributed by atoms with van der Waals surface area (Å²) in [5, 5.41) is 3.67. The van der Waals surface area contributed by atoms with Gasteiger partial charge in [-0.25, -0.2) is 9.78 Å². The van der Waals surface area contributed by atoms with E-state index in [1.165, 1.54) is 0 Å². The minimum absolute atomic E-state index is 0.0223. The molecule has 1 saturated heterocycles. The maximum Gasteiger partial charge on any atom is 0.410 e. The monoisotopic (exact) mass is 504 g/mol. The van der Waals surface area contributed by atoms with Gasteiger partial charge in [0.05, 0.1) is 5.69 Å². The SMILES string of the molecule is CCN(CCNC(=O)C1CCN(Cc2nc(-c3ccc(Cl)cc3)oc2C)CC1)C(=O)OC(C)(C)C. The molecular weight excluding hydrogens is 468 g/mol. The summed E-state index contributed by atoms with van der Waals surface area (Å²) < 4.78 is 11.3. The average Bonchev–Trinajstić information content (AvgIpc) is 3.16. The fourth-order valence-electron chi connectivity index (χ4n) is 4.02. The molecule has 0 unspecified atom stereocenters. The van der Waals surface area contributed by atoms with Crippen LogP contribution in [-0.4, -0.2) is 65.1 Å². The smallest absolute Gasteiger partial charge is 0.410 e. The van der Waals surface area contributed by atoms with E-state index in [-0.39, 0.29) is 17.9 Å². The van der Waals surface area contributed by atoms with E-state index >= 15 is 0 Å². The summed E-state index contributed by atoms with van der Waals surface area (Å²) in [7, 11) is 0. The molecule has 2 amide bonds. The highest BCUT2D eigenvalue weighted by Gasteiger charge is 2.26. The zero-order valence-corrected chi connectivity index (χ0v) is 22.2. The van der Waals surface area contributed by atoms with Gasteiger partial charge in [0.2, 0.25) is 11.8 Å². The van der Waals surface area contributed by atoms with Gasteiger partial charge < -0.3 is 19.4 Å². The lowest BCUT2D eigenvalue weighted by atomic mass is 9.96. The van der Waals surface area contributed by atoms with E-state index in [4.69, 9.17) is 20.8 Å². The second-order valence-corrected chi connectivity index (χ2v) is 10.4. The van der Waals surface area contributed by atoms with Gasteiger partial charge in [0.25, 0.3) is 0 Å². The number of benzene rings is 1. The zero-order valence-electron chi connectivity index (χ0n) is 21.4. The Morgan fingerprint density at radius 3 is 2.49 bits per heavy atom. The Kier molecular flexibility index (Phi) is 9.19. The number of likely N-dealkylation sites (tertiary alicyclic amines) is 1. The first-order chi connectivity index (χ1) is 16.6. The fourth-order valence-corrected chi connectivity index (χ4v) is 4.15. The maximum atomic E-state index is 12.7. The molecule has 1 aliphatic heterocycles. The highest BCUT2D eigenvalue weighted by molar-refractivity contribution is 6.30. The van der Waals surface area contributed by atoms with Crippen LogP contribution in [0.2, 0.25) is 5.02 Å². The molecule has 3 rings (SSSR count). The molecule has 0 atom stereocenters. The molecule has 0 saturated carbocycles. The quantitative estimate of drug-likeness (QED) is 0.550. The molecule has 192 valence electrons. The van der Waals surface area contributed by atoms with Gasteiger partial charge in [-0.15, -0.1) is 0 Å². The number of aryl methyl sites for hydroxylation is 1. The Labute approximate surface area is 213 Å². The number of likely N-dealkylation sites (N-methyl/N-ethyl adjacent to an activating group) is 1. The van der Waals surface area contributed by atoms with Crippen molar-refractivity contribution in [1.82, 2.24) is 20.1 Å². The molecule has 1 aliphatic rings. The number of nitrogens with one attached hydrogen (secondary N) is 1. The van der Waals surface area contributed by atoms with E-state index in [1.807, 2.05) is 58.9 Å². The predicted molar refractivity (Wildman–Crippen MR) is 136 cm³/mol. The molecule has 0 aliphatic carbocycles. The van der Waals surface area contributed by atoms with Crippen molar-refractivity contribution in [3.05, 3.63) is 40.7 Å². The first kappa shape index (κ1) is 27.0. The van der Waals surface area contributed by atoms with E-state index < -0.39 is 5.60 Å². The summed E-state index contributed by atoms with van der Waals surface area (Å²) in [5.74, 6) is 1.43. The minimum atomic E-state index is -0.538. The first-order valence-electron chi connectivity index (χ1n) is 12.3. The second kappa shape index (κ2) is 11.9. The van der Waals surface area contributed by atoms with Crippen molar-refractivity contribution in [3.8, 4) is 11.5 Å². The third kappa shape index (κ3) is 7.97. The number of aromatic nitrogens is 1. The largest absolute Gasteiger partial charge is 0.444 e. The molecule has 2 aromatic rings. The number of hydrogen-bond acceptors (Lipinski definition) is 6. The number of carbonyl (C=O) groups excluding carboxylic acids is 2. The second-order valence-electron chi connectivity index (χ2n) is 9.93. The van der Waals surface area contributed by atoms with Crippen molar-refractivity contribution in [2.75, 3.05) is 32.7 Å². The number of hydrogen-bond donors (Lipinski definition) is 1. The summed E-state index contributed by atoms with van der Waals surface area (Å²) in [6.45, 7) is 13.1. The van der Waals surface area contributed by atoms with Gasteiger partial charge >= 0.3 is 6.09 Å². The van der Waals surface area contributed by atoms with E-state index in [1.54, 1.807) is 4.90 Å². The first-order valence-corrected chi connectivity index (χ1v) is 12.6. The number of oxazole rings is 1. The Hall–Kier alpha value is -2.58. The number of amides is 2. The standard InChI is InChI=1S/C26H37ClN4O4/c1-6-31(25(33)35-26(3,4)5)16-13-28-23(32)19-11-14-30(15-12-19)17-22-18(2)34-24(29-22)20-7-9-21(27)10-8-20/h7-10,19H,6,11-17H2,1-5H3,(H,28,32). The van der Waals surface area contributed by atoms with Crippen molar-refractivity contribution in [1.29, 1.82) is 0 Å². The molecular formula is C26H37ClN4O4. The van der Waals surface area contributed by atoms with Crippen molar-refractivity contribution in [2.45, 2.75) is 59.6 Å². The molecule has 9 heteroatoms. The highest BCUT2D eigenvalue weighted by atomic mass is 35.5. The molecule has 2 heterocycles. The Balaban J connectivity index is 1.43. The van der Waals surface area contributed by atoms with Crippen LogP contribution < -0.4 is 5.32 Å². The minimum Gasteiger partial charge on any atom is -0.444 e. The highest BCUT2D eigenvalue weighted by Crippen LogP contribution is 2.25. The Bertz CT molecular complexity index is 992. The topological polar surface area (TPSA) is 87.9 Å². The summed E-state index contributed by atoms with van der Waals surface area (Å²) in [5.41, 5.74) is 1.27. The molecule has 1 aromatic heterocycles. The number of piperidine rings is 1. The van der Waals surface area contributed by atoms with Crippen molar-refractivity contribution >= 4 is 23.6 Å². The number of ether oxygens (including phenoxy) is 1. The van der Waals surface area contributed by atoms with E-state index in [0.29, 0.717) is 37.1 Å². The van der Waals surface area contributed by atoms with Crippen LogP contribution in [0.3, 0.4) is 0 Å². The molecule has 0 bridgehead atoms. The van der Waals surface area contributed by atoms with Gasteiger partial charge in [0.15, 0.2) is 0 Å². The number of carbonyl (C=O) groups is 2. The van der Waals surface area contributed by atoms with Gasteiger partial charge in [0.1, 0.15) is 11.4 Å². The van der Waals surface area contributed by atoms with Crippen molar-refractivity contribution in [3.63, 3.8) is 0 Å². The van der Waals surface area contributed by atoms with E-state index in [9.17, 15) is 9.59 Å². The van der Waals surface area contributed by atoms with Gasteiger partial charge in [-0.05, 0) is 84.8 Å². The molecule has 8 nitrogen and oxygen atoms in total. The average molecular weight is 505 g/mol. The van der Waals surface area contributed by atoms with Gasteiger partial charge in [0, 0.05) is 42.7 Å². The summed E-state index contributed by atoms with van der Waals surface area (Å²) >= 11 is 5.97. The Morgan fingerprint density at radius 1 is 1.23 bits per heavy atom. The molecule has 1 N–H and O–H groups in total. The third-order valence-electron chi connectivity index (χ3n) is 6.03. The van der Waals surface area contributed by atoms with Crippen LogP contribution in [0.1, 0.15) is 52.0 Å². The van der Waals surface area contributed by atoms with Gasteiger partial charge in [-0.3, -0.25) is 9.69 Å². The molecule has 0 radical (unpaired) electrons. The van der Waals surface area contributed by atoms with Crippen LogP contribution >= 0.6 is 11.6 Å². The maximum absolute atomic E-state index is 12.7. The van der Waals surface area contributed by atoms with Crippen LogP contribution in [0, 0.1) is 12.8 Å². The molecule has 1 aromatic carbocycles. The van der Waals surface area contributed by atoms with Crippen LogP contribution in [-0.2, 0) is 16.1 Å². The number of rotatable bonds is 8. The summed E-state index contributed by atoms with van der Waals surface area (Å²) in [6, 6.07) is 7.44. The lowest BCUT2D eigenvalue weighted by Gasteiger charge is -2.31.